The van der Waals surface area contributed by atoms with E-state index in [9.17, 15) is 9.59 Å². The quantitative estimate of drug-likeness (QED) is 0.710. The molecule has 2 aromatic carbocycles. The zero-order valence-electron chi connectivity index (χ0n) is 13.5. The van der Waals surface area contributed by atoms with Gasteiger partial charge in [0.05, 0.1) is 16.6 Å². The predicted molar refractivity (Wildman–Crippen MR) is 97.5 cm³/mol. The minimum atomic E-state index is -0.188. The van der Waals surface area contributed by atoms with Gasteiger partial charge < -0.3 is 4.90 Å². The number of carbonyl (C=O) groups is 1. The number of hydrogen-bond donors (Lipinski definition) is 0. The van der Waals surface area contributed by atoms with Crippen LogP contribution in [0.1, 0.15) is 23.2 Å². The van der Waals surface area contributed by atoms with E-state index in [-0.39, 0.29) is 11.5 Å². The second kappa shape index (κ2) is 6.33. The normalized spacial score (nSPS) is 14.2. The number of fused-ring (bicyclic) bond motifs is 1. The van der Waals surface area contributed by atoms with Gasteiger partial charge in [-0.2, -0.15) is 0 Å². The molecule has 0 atom stereocenters. The van der Waals surface area contributed by atoms with Crippen molar-refractivity contribution in [1.82, 2.24) is 14.5 Å². The minimum Gasteiger partial charge on any atom is -0.339 e. The fourth-order valence-electron chi connectivity index (χ4n) is 3.17. The molecule has 1 aromatic heterocycles. The zero-order valence-corrected chi connectivity index (χ0v) is 14.2. The fraction of sp³-hybridized carbons (Fsp3) is 0.211. The highest BCUT2D eigenvalue weighted by atomic mass is 35.5. The summed E-state index contributed by atoms with van der Waals surface area (Å²) < 4.78 is 1.45. The average Bonchev–Trinajstić information content (AvgIpc) is 3.16. The lowest BCUT2D eigenvalue weighted by Gasteiger charge is -2.15. The third-order valence-corrected chi connectivity index (χ3v) is 4.72. The van der Waals surface area contributed by atoms with Crippen LogP contribution in [0, 0.1) is 0 Å². The highest BCUT2D eigenvalue weighted by Gasteiger charge is 2.20. The number of amides is 1. The first-order valence-corrected chi connectivity index (χ1v) is 8.58. The molecule has 1 amide bonds. The minimum absolute atomic E-state index is 0.000203. The van der Waals surface area contributed by atoms with Crippen molar-refractivity contribution < 1.29 is 4.79 Å². The van der Waals surface area contributed by atoms with Gasteiger partial charge in [-0.3, -0.25) is 14.2 Å². The molecule has 0 N–H and O–H groups in total. The van der Waals surface area contributed by atoms with E-state index in [4.69, 9.17) is 11.6 Å². The topological polar surface area (TPSA) is 55.2 Å². The first-order chi connectivity index (χ1) is 12.1. The molecule has 1 aliphatic heterocycles. The van der Waals surface area contributed by atoms with Gasteiger partial charge in [-0.25, -0.2) is 4.98 Å². The van der Waals surface area contributed by atoms with Crippen LogP contribution in [0.5, 0.6) is 0 Å². The summed E-state index contributed by atoms with van der Waals surface area (Å²) in [7, 11) is 0. The highest BCUT2D eigenvalue weighted by molar-refractivity contribution is 6.30. The summed E-state index contributed by atoms with van der Waals surface area (Å²) in [5.74, 6) is 0.000203. The van der Waals surface area contributed by atoms with Crippen molar-refractivity contribution in [2.24, 2.45) is 0 Å². The zero-order chi connectivity index (χ0) is 17.4. The molecule has 0 unspecified atom stereocenters. The van der Waals surface area contributed by atoms with Crippen LogP contribution in [0.3, 0.4) is 0 Å². The lowest BCUT2D eigenvalue weighted by atomic mass is 10.1. The maximum absolute atomic E-state index is 12.8. The Morgan fingerprint density at radius 3 is 2.64 bits per heavy atom. The summed E-state index contributed by atoms with van der Waals surface area (Å²) in [6.07, 6.45) is 3.56. The second-order valence-corrected chi connectivity index (χ2v) is 6.57. The summed E-state index contributed by atoms with van der Waals surface area (Å²) in [6.45, 7) is 1.58. The van der Waals surface area contributed by atoms with Crippen molar-refractivity contribution in [3.8, 4) is 5.69 Å². The molecule has 0 aliphatic carbocycles. The van der Waals surface area contributed by atoms with E-state index >= 15 is 0 Å². The summed E-state index contributed by atoms with van der Waals surface area (Å²) in [6, 6.07) is 12.1. The molecule has 1 aliphatic rings. The Kier molecular flexibility index (Phi) is 4.01. The van der Waals surface area contributed by atoms with Gasteiger partial charge in [-0.15, -0.1) is 0 Å². The largest absolute Gasteiger partial charge is 0.339 e. The Morgan fingerprint density at radius 1 is 1.08 bits per heavy atom. The number of hydrogen-bond acceptors (Lipinski definition) is 3. The van der Waals surface area contributed by atoms with Gasteiger partial charge in [0.15, 0.2) is 0 Å². The van der Waals surface area contributed by atoms with E-state index in [0.717, 1.165) is 25.9 Å². The Bertz CT molecular complexity index is 1020. The van der Waals surface area contributed by atoms with Crippen LogP contribution in [-0.2, 0) is 0 Å². The van der Waals surface area contributed by atoms with Gasteiger partial charge in [-0.1, -0.05) is 17.7 Å². The summed E-state index contributed by atoms with van der Waals surface area (Å²) in [5, 5.41) is 1.02. The van der Waals surface area contributed by atoms with Gasteiger partial charge in [0, 0.05) is 23.7 Å². The molecule has 25 heavy (non-hydrogen) atoms. The molecular weight excluding hydrogens is 338 g/mol. The number of carbonyl (C=O) groups excluding carboxylic acids is 1. The number of halogens is 1. The molecule has 2 heterocycles. The summed E-state index contributed by atoms with van der Waals surface area (Å²) >= 11 is 6.01. The van der Waals surface area contributed by atoms with Crippen molar-refractivity contribution in [1.29, 1.82) is 0 Å². The smallest absolute Gasteiger partial charge is 0.265 e. The SMILES string of the molecule is O=C(c1ccc2c(=O)n(-c3cccc(Cl)c3)cnc2c1)N1CCCC1. The Balaban J connectivity index is 1.77. The molecule has 4 rings (SSSR count). The van der Waals surface area contributed by atoms with Crippen molar-refractivity contribution in [3.05, 3.63) is 69.7 Å². The number of rotatable bonds is 2. The van der Waals surface area contributed by atoms with Crippen molar-refractivity contribution in [2.45, 2.75) is 12.8 Å². The standard InChI is InChI=1S/C19H16ClN3O2/c20-14-4-3-5-15(11-14)23-12-21-17-10-13(6-7-16(17)19(23)25)18(24)22-8-1-2-9-22/h3-7,10-12H,1-2,8-9H2. The molecule has 0 radical (unpaired) electrons. The summed E-state index contributed by atoms with van der Waals surface area (Å²) in [5.41, 5.74) is 1.56. The number of benzene rings is 2. The predicted octanol–water partition coefficient (Wildman–Crippen LogP) is 3.28. The maximum atomic E-state index is 12.8. The Morgan fingerprint density at radius 2 is 1.88 bits per heavy atom. The van der Waals surface area contributed by atoms with Crippen LogP contribution in [0.4, 0.5) is 0 Å². The van der Waals surface area contributed by atoms with Crippen LogP contribution >= 0.6 is 11.6 Å². The molecule has 0 spiro atoms. The summed E-state index contributed by atoms with van der Waals surface area (Å²) in [4.78, 5) is 31.5. The van der Waals surface area contributed by atoms with E-state index in [1.807, 2.05) is 4.90 Å². The second-order valence-electron chi connectivity index (χ2n) is 6.13. The van der Waals surface area contributed by atoms with Crippen LogP contribution in [0.2, 0.25) is 5.02 Å². The number of likely N-dealkylation sites (tertiary alicyclic amines) is 1. The molecule has 3 aromatic rings. The molecule has 6 heteroatoms. The first-order valence-electron chi connectivity index (χ1n) is 8.20. The third-order valence-electron chi connectivity index (χ3n) is 4.49. The fourth-order valence-corrected chi connectivity index (χ4v) is 3.35. The maximum Gasteiger partial charge on any atom is 0.265 e. The molecular formula is C19H16ClN3O2. The van der Waals surface area contributed by atoms with Crippen molar-refractivity contribution >= 4 is 28.4 Å². The van der Waals surface area contributed by atoms with Gasteiger partial charge in [0.1, 0.15) is 6.33 Å². The monoisotopic (exact) mass is 353 g/mol. The molecule has 0 saturated carbocycles. The number of aromatic nitrogens is 2. The van der Waals surface area contributed by atoms with Gasteiger partial charge in [0.25, 0.3) is 11.5 Å². The van der Waals surface area contributed by atoms with Gasteiger partial charge >= 0.3 is 0 Å². The molecule has 126 valence electrons. The lowest BCUT2D eigenvalue weighted by molar-refractivity contribution is 0.0793. The Hall–Kier alpha value is -2.66. The van der Waals surface area contributed by atoms with Crippen LogP contribution < -0.4 is 5.56 Å². The van der Waals surface area contributed by atoms with Crippen LogP contribution in [0.15, 0.2) is 53.6 Å². The van der Waals surface area contributed by atoms with Crippen LogP contribution in [-0.4, -0.2) is 33.4 Å². The molecule has 1 saturated heterocycles. The van der Waals surface area contributed by atoms with Crippen LogP contribution in [0.25, 0.3) is 16.6 Å². The van der Waals surface area contributed by atoms with Gasteiger partial charge in [0.2, 0.25) is 0 Å². The highest BCUT2D eigenvalue weighted by Crippen LogP contribution is 2.18. The molecule has 1 fully saturated rings. The van der Waals surface area contributed by atoms with Crippen molar-refractivity contribution in [2.75, 3.05) is 13.1 Å². The molecule has 5 nitrogen and oxygen atoms in total. The van der Waals surface area contributed by atoms with E-state index < -0.39 is 0 Å². The number of nitrogens with zero attached hydrogens (tertiary/aromatic N) is 3. The van der Waals surface area contributed by atoms with E-state index in [0.29, 0.717) is 27.2 Å². The van der Waals surface area contributed by atoms with Gasteiger partial charge in [-0.05, 0) is 49.2 Å². The van der Waals surface area contributed by atoms with Crippen molar-refractivity contribution in [3.63, 3.8) is 0 Å². The third kappa shape index (κ3) is 2.91. The first kappa shape index (κ1) is 15.8. The van der Waals surface area contributed by atoms with E-state index in [1.165, 1.54) is 10.9 Å². The molecule has 0 bridgehead atoms. The lowest BCUT2D eigenvalue weighted by Crippen LogP contribution is -2.27. The van der Waals surface area contributed by atoms with E-state index in [1.54, 1.807) is 42.5 Å². The Labute approximate surface area is 149 Å². The van der Waals surface area contributed by atoms with E-state index in [2.05, 4.69) is 4.98 Å². The average molecular weight is 354 g/mol.